The number of carboxylic acid groups (broad SMARTS) is 1. The van der Waals surface area contributed by atoms with Gasteiger partial charge in [-0.1, -0.05) is 26.2 Å². The molecule has 1 amide bonds. The molecule has 1 aliphatic heterocycles. The van der Waals surface area contributed by atoms with Crippen LogP contribution in [0.25, 0.3) is 0 Å². The average Bonchev–Trinajstić information content (AvgIpc) is 2.47. The average molecular weight is 296 g/mol. The van der Waals surface area contributed by atoms with Gasteiger partial charge in [-0.2, -0.15) is 0 Å². The Bertz CT molecular complexity index is 391. The summed E-state index contributed by atoms with van der Waals surface area (Å²) in [5, 5.41) is 12.7. The smallest absolute Gasteiger partial charge is 0.326 e. The highest BCUT2D eigenvalue weighted by atomic mass is 16.4. The Kier molecular flexibility index (Phi) is 5.25. The van der Waals surface area contributed by atoms with Gasteiger partial charge in [0, 0.05) is 18.5 Å². The summed E-state index contributed by atoms with van der Waals surface area (Å²) in [7, 11) is 1.92. The highest BCUT2D eigenvalue weighted by Crippen LogP contribution is 2.32. The van der Waals surface area contributed by atoms with E-state index < -0.39 is 12.0 Å². The largest absolute Gasteiger partial charge is 0.480 e. The van der Waals surface area contributed by atoms with Crippen molar-refractivity contribution >= 4 is 11.9 Å². The second-order valence-electron chi connectivity index (χ2n) is 6.84. The van der Waals surface area contributed by atoms with Crippen molar-refractivity contribution < 1.29 is 14.7 Å². The van der Waals surface area contributed by atoms with Crippen LogP contribution in [-0.4, -0.2) is 47.1 Å². The molecule has 0 spiro atoms. The van der Waals surface area contributed by atoms with E-state index in [9.17, 15) is 14.7 Å². The van der Waals surface area contributed by atoms with Gasteiger partial charge in [0.05, 0.1) is 0 Å². The van der Waals surface area contributed by atoms with E-state index in [1.807, 2.05) is 7.05 Å². The van der Waals surface area contributed by atoms with Crippen molar-refractivity contribution in [1.29, 1.82) is 0 Å². The fraction of sp³-hybridized carbons (Fsp3) is 0.875. The Labute approximate surface area is 127 Å². The van der Waals surface area contributed by atoms with Gasteiger partial charge in [0.25, 0.3) is 0 Å². The van der Waals surface area contributed by atoms with E-state index >= 15 is 0 Å². The first kappa shape index (κ1) is 16.3. The highest BCUT2D eigenvalue weighted by molar-refractivity contribution is 5.84. The first-order chi connectivity index (χ1) is 9.97. The van der Waals surface area contributed by atoms with Crippen molar-refractivity contribution in [2.45, 2.75) is 69.9 Å². The van der Waals surface area contributed by atoms with Crippen LogP contribution in [-0.2, 0) is 9.59 Å². The highest BCUT2D eigenvalue weighted by Gasteiger charge is 2.39. The lowest BCUT2D eigenvalue weighted by molar-refractivity contribution is -0.153. The van der Waals surface area contributed by atoms with Crippen molar-refractivity contribution in [3.05, 3.63) is 0 Å². The number of piperidine rings is 1. The fourth-order valence-electron chi connectivity index (χ4n) is 3.81. The lowest BCUT2D eigenvalue weighted by atomic mass is 9.78. The lowest BCUT2D eigenvalue weighted by Gasteiger charge is -2.41. The number of hydrogen-bond acceptors (Lipinski definition) is 3. The summed E-state index contributed by atoms with van der Waals surface area (Å²) in [5.74, 6) is -0.481. The molecule has 1 heterocycles. The summed E-state index contributed by atoms with van der Waals surface area (Å²) >= 11 is 0. The summed E-state index contributed by atoms with van der Waals surface area (Å²) < 4.78 is 0. The zero-order valence-electron chi connectivity index (χ0n) is 13.2. The zero-order valence-corrected chi connectivity index (χ0v) is 13.2. The minimum Gasteiger partial charge on any atom is -0.480 e. The van der Waals surface area contributed by atoms with Gasteiger partial charge in [0.1, 0.15) is 6.04 Å². The first-order valence-electron chi connectivity index (χ1n) is 8.18. The molecule has 5 nitrogen and oxygen atoms in total. The molecule has 0 radical (unpaired) electrons. The maximum Gasteiger partial charge on any atom is 0.326 e. The molecule has 2 unspecified atom stereocenters. The third-order valence-corrected chi connectivity index (χ3v) is 5.30. The molecule has 1 saturated heterocycles. The number of amides is 1. The van der Waals surface area contributed by atoms with Crippen LogP contribution >= 0.6 is 0 Å². The summed E-state index contributed by atoms with van der Waals surface area (Å²) in [6.07, 6.45) is 7.46. The molecular formula is C16H28N2O3. The summed E-state index contributed by atoms with van der Waals surface area (Å²) in [6, 6.07) is -0.640. The molecule has 120 valence electrons. The Morgan fingerprint density at radius 3 is 2.52 bits per heavy atom. The number of carbonyl (C=O) groups is 2. The molecule has 1 aliphatic carbocycles. The number of likely N-dealkylation sites (tertiary alicyclic amines) is 1. The molecule has 0 aromatic heterocycles. The molecular weight excluding hydrogens is 268 g/mol. The van der Waals surface area contributed by atoms with Crippen LogP contribution < -0.4 is 5.32 Å². The van der Waals surface area contributed by atoms with Crippen molar-refractivity contribution in [3.63, 3.8) is 0 Å². The maximum absolute atomic E-state index is 12.7. The Balaban J connectivity index is 2.05. The molecule has 0 aromatic carbocycles. The van der Waals surface area contributed by atoms with Crippen LogP contribution in [0.5, 0.6) is 0 Å². The van der Waals surface area contributed by atoms with E-state index in [0.717, 1.165) is 32.1 Å². The van der Waals surface area contributed by atoms with E-state index in [2.05, 4.69) is 12.2 Å². The van der Waals surface area contributed by atoms with Crippen LogP contribution in [0, 0.1) is 5.92 Å². The van der Waals surface area contributed by atoms with Gasteiger partial charge < -0.3 is 15.3 Å². The summed E-state index contributed by atoms with van der Waals surface area (Å²) in [6.45, 7) is 2.64. The number of carbonyl (C=O) groups excluding carboxylic acids is 1. The van der Waals surface area contributed by atoms with Crippen molar-refractivity contribution in [1.82, 2.24) is 10.2 Å². The zero-order chi connectivity index (χ0) is 15.5. The van der Waals surface area contributed by atoms with Gasteiger partial charge in [-0.15, -0.1) is 0 Å². The van der Waals surface area contributed by atoms with Gasteiger partial charge in [0.2, 0.25) is 5.91 Å². The van der Waals surface area contributed by atoms with Crippen LogP contribution in [0.15, 0.2) is 0 Å². The normalized spacial score (nSPS) is 29.1. The Morgan fingerprint density at radius 2 is 1.95 bits per heavy atom. The third-order valence-electron chi connectivity index (χ3n) is 5.30. The topological polar surface area (TPSA) is 69.6 Å². The van der Waals surface area contributed by atoms with Crippen LogP contribution in [0.4, 0.5) is 0 Å². The third kappa shape index (κ3) is 3.76. The molecule has 1 saturated carbocycles. The number of hydrogen-bond donors (Lipinski definition) is 2. The van der Waals surface area contributed by atoms with Crippen molar-refractivity contribution in [2.24, 2.45) is 5.92 Å². The predicted molar refractivity (Wildman–Crippen MR) is 81.0 cm³/mol. The van der Waals surface area contributed by atoms with Crippen molar-refractivity contribution in [3.8, 4) is 0 Å². The van der Waals surface area contributed by atoms with Gasteiger partial charge in [-0.3, -0.25) is 4.79 Å². The van der Waals surface area contributed by atoms with E-state index in [1.54, 1.807) is 4.90 Å². The maximum atomic E-state index is 12.7. The SMILES string of the molecule is CNC1(CC(=O)N2CCC(C)CC2C(=O)O)CCCCC1. The fourth-order valence-corrected chi connectivity index (χ4v) is 3.81. The number of carboxylic acids is 1. The number of nitrogens with zero attached hydrogens (tertiary/aromatic N) is 1. The number of nitrogens with one attached hydrogen (secondary N) is 1. The second-order valence-corrected chi connectivity index (χ2v) is 6.84. The minimum absolute atomic E-state index is 0.00514. The molecule has 2 atom stereocenters. The van der Waals surface area contributed by atoms with Gasteiger partial charge >= 0.3 is 5.97 Å². The molecule has 2 aliphatic rings. The molecule has 0 aromatic rings. The van der Waals surface area contributed by atoms with E-state index in [4.69, 9.17) is 0 Å². The molecule has 2 N–H and O–H groups in total. The van der Waals surface area contributed by atoms with Crippen molar-refractivity contribution in [2.75, 3.05) is 13.6 Å². The number of rotatable bonds is 4. The van der Waals surface area contributed by atoms with Crippen LogP contribution in [0.1, 0.15) is 58.3 Å². The second kappa shape index (κ2) is 6.77. The molecule has 2 rings (SSSR count). The standard InChI is InChI=1S/C16H28N2O3/c1-12-6-9-18(13(10-12)15(20)21)14(19)11-16(17-2)7-4-3-5-8-16/h12-13,17H,3-11H2,1-2H3,(H,20,21). The van der Waals surface area contributed by atoms with E-state index in [0.29, 0.717) is 25.3 Å². The summed E-state index contributed by atoms with van der Waals surface area (Å²) in [4.78, 5) is 25.7. The van der Waals surface area contributed by atoms with Gasteiger partial charge in [-0.25, -0.2) is 4.79 Å². The molecule has 2 fully saturated rings. The monoisotopic (exact) mass is 296 g/mol. The van der Waals surface area contributed by atoms with Gasteiger partial charge in [0.15, 0.2) is 0 Å². The van der Waals surface area contributed by atoms with Crippen LogP contribution in [0.2, 0.25) is 0 Å². The Hall–Kier alpha value is -1.10. The lowest BCUT2D eigenvalue weighted by Crippen LogP contribution is -2.54. The number of aliphatic carboxylic acids is 1. The van der Waals surface area contributed by atoms with E-state index in [-0.39, 0.29) is 11.4 Å². The minimum atomic E-state index is -0.864. The first-order valence-corrected chi connectivity index (χ1v) is 8.18. The van der Waals surface area contributed by atoms with Crippen LogP contribution in [0.3, 0.4) is 0 Å². The molecule has 0 bridgehead atoms. The summed E-state index contributed by atoms with van der Waals surface area (Å²) in [5.41, 5.74) is -0.124. The molecule has 21 heavy (non-hydrogen) atoms. The quantitative estimate of drug-likeness (QED) is 0.832. The predicted octanol–water partition coefficient (Wildman–Crippen LogP) is 2.01. The van der Waals surface area contributed by atoms with Gasteiger partial charge in [-0.05, 0) is 38.6 Å². The molecule has 5 heteroatoms. The van der Waals surface area contributed by atoms with E-state index in [1.165, 1.54) is 6.42 Å². The Morgan fingerprint density at radius 1 is 1.29 bits per heavy atom.